The van der Waals surface area contributed by atoms with Crippen LogP contribution in [0.15, 0.2) is 28.5 Å². The summed E-state index contributed by atoms with van der Waals surface area (Å²) in [6.07, 6.45) is 0. The van der Waals surface area contributed by atoms with Crippen molar-refractivity contribution in [1.29, 1.82) is 0 Å². The third-order valence-corrected chi connectivity index (χ3v) is 2.95. The van der Waals surface area contributed by atoms with Crippen LogP contribution < -0.4 is 0 Å². The molecule has 1 aromatic carbocycles. The lowest BCUT2D eigenvalue weighted by atomic mass is 10.1. The summed E-state index contributed by atoms with van der Waals surface area (Å²) in [5, 5.41) is 6.89. The molecule has 0 aliphatic heterocycles. The van der Waals surface area contributed by atoms with E-state index in [0.717, 1.165) is 9.28 Å². The Morgan fingerprint density at radius 2 is 2.22 bits per heavy atom. The molecule has 0 radical (unpaired) electrons. The third-order valence-electron chi connectivity index (χ3n) is 1.94. The minimum Gasteiger partial charge on any atom is -0.391 e. The Kier molecular flexibility index (Phi) is 5.60. The van der Waals surface area contributed by atoms with Crippen molar-refractivity contribution in [3.8, 4) is 0 Å². The highest BCUT2D eigenvalue weighted by molar-refractivity contribution is 14.1. The average molecular weight is 358 g/mol. The molecular formula is C11H11IN4O2. The van der Waals surface area contributed by atoms with Gasteiger partial charge >= 0.3 is 0 Å². The molecule has 0 unspecified atom stereocenters. The molecule has 1 rings (SSSR count). The predicted molar refractivity (Wildman–Crippen MR) is 76.2 cm³/mol. The molecule has 0 aliphatic carbocycles. The van der Waals surface area contributed by atoms with Crippen molar-refractivity contribution in [1.82, 2.24) is 0 Å². The van der Waals surface area contributed by atoms with E-state index >= 15 is 0 Å². The van der Waals surface area contributed by atoms with Gasteiger partial charge < -0.3 is 4.84 Å². The second kappa shape index (κ2) is 6.97. The van der Waals surface area contributed by atoms with Crippen LogP contribution in [0.1, 0.15) is 29.8 Å². The van der Waals surface area contributed by atoms with E-state index in [1.54, 1.807) is 12.1 Å². The molecule has 0 heterocycles. The summed E-state index contributed by atoms with van der Waals surface area (Å²) in [5.74, 6) is -0.619. The van der Waals surface area contributed by atoms with Crippen LogP contribution >= 0.6 is 22.6 Å². The molecule has 0 N–H and O–H groups in total. The van der Waals surface area contributed by atoms with Crippen LogP contribution in [0.3, 0.4) is 0 Å². The molecule has 0 fully saturated rings. The molecule has 6 nitrogen and oxygen atoms in total. The number of rotatable bonds is 4. The standard InChI is InChI=1S/C11H11IN4O2/c1-7(2)15-18-6-9-8(11(17)14-16-13)4-3-5-10(9)12/h3-5H,6H2,1-2H3. The maximum absolute atomic E-state index is 11.6. The van der Waals surface area contributed by atoms with Crippen LogP contribution in [-0.4, -0.2) is 11.6 Å². The fourth-order valence-electron chi connectivity index (χ4n) is 1.23. The van der Waals surface area contributed by atoms with Gasteiger partial charge in [-0.15, -0.1) is 0 Å². The van der Waals surface area contributed by atoms with Gasteiger partial charge in [0.2, 0.25) is 5.91 Å². The second-order valence-corrected chi connectivity index (χ2v) is 4.73. The fourth-order valence-corrected chi connectivity index (χ4v) is 1.88. The van der Waals surface area contributed by atoms with Gasteiger partial charge in [-0.3, -0.25) is 4.79 Å². The number of amides is 1. The molecule has 0 saturated heterocycles. The van der Waals surface area contributed by atoms with Gasteiger partial charge in [0.1, 0.15) is 6.61 Å². The molecule has 0 saturated carbocycles. The van der Waals surface area contributed by atoms with Gasteiger partial charge in [-0.05, 0) is 53.2 Å². The number of azide groups is 1. The first-order valence-electron chi connectivity index (χ1n) is 5.06. The summed E-state index contributed by atoms with van der Waals surface area (Å²) in [6.45, 7) is 3.77. The van der Waals surface area contributed by atoms with E-state index in [2.05, 4.69) is 37.8 Å². The fraction of sp³-hybridized carbons (Fsp3) is 0.273. The highest BCUT2D eigenvalue weighted by atomic mass is 127. The van der Waals surface area contributed by atoms with Gasteiger partial charge in [-0.1, -0.05) is 17.3 Å². The van der Waals surface area contributed by atoms with Crippen LogP contribution in [0.25, 0.3) is 10.4 Å². The van der Waals surface area contributed by atoms with Crippen molar-refractivity contribution in [2.75, 3.05) is 0 Å². The Morgan fingerprint density at radius 3 is 2.83 bits per heavy atom. The first-order chi connectivity index (χ1) is 8.56. The summed E-state index contributed by atoms with van der Waals surface area (Å²) in [5.41, 5.74) is 10.1. The highest BCUT2D eigenvalue weighted by Crippen LogP contribution is 2.19. The topological polar surface area (TPSA) is 87.4 Å². The molecule has 1 aromatic rings. The summed E-state index contributed by atoms with van der Waals surface area (Å²) >= 11 is 2.09. The highest BCUT2D eigenvalue weighted by Gasteiger charge is 2.13. The molecule has 0 bridgehead atoms. The van der Waals surface area contributed by atoms with Gasteiger partial charge in [-0.25, -0.2) is 0 Å². The summed E-state index contributed by atoms with van der Waals surface area (Å²) in [4.78, 5) is 19.2. The maximum atomic E-state index is 11.6. The minimum atomic E-state index is -0.619. The smallest absolute Gasteiger partial charge is 0.249 e. The number of hydrogen-bond donors (Lipinski definition) is 0. The first-order valence-corrected chi connectivity index (χ1v) is 6.14. The zero-order chi connectivity index (χ0) is 13.5. The van der Waals surface area contributed by atoms with E-state index in [1.807, 2.05) is 19.9 Å². The van der Waals surface area contributed by atoms with Crippen molar-refractivity contribution >= 4 is 34.2 Å². The van der Waals surface area contributed by atoms with Gasteiger partial charge in [0, 0.05) is 19.6 Å². The monoisotopic (exact) mass is 358 g/mol. The number of halogens is 1. The van der Waals surface area contributed by atoms with E-state index in [4.69, 9.17) is 10.4 Å². The summed E-state index contributed by atoms with van der Waals surface area (Å²) in [6, 6.07) is 5.16. The number of oxime groups is 1. The van der Waals surface area contributed by atoms with E-state index in [1.165, 1.54) is 0 Å². The number of benzene rings is 1. The Labute approximate surface area is 118 Å². The van der Waals surface area contributed by atoms with Crippen LogP contribution in [0, 0.1) is 3.57 Å². The largest absolute Gasteiger partial charge is 0.391 e. The molecule has 7 heteroatoms. The summed E-state index contributed by atoms with van der Waals surface area (Å²) in [7, 11) is 0. The third kappa shape index (κ3) is 4.01. The molecule has 0 atom stereocenters. The molecule has 0 spiro atoms. The van der Waals surface area contributed by atoms with Crippen molar-refractivity contribution in [2.24, 2.45) is 10.3 Å². The van der Waals surface area contributed by atoms with Gasteiger partial charge in [0.25, 0.3) is 0 Å². The lowest BCUT2D eigenvalue weighted by Gasteiger charge is -2.08. The quantitative estimate of drug-likeness (QED) is 0.205. The number of hydrogen-bond acceptors (Lipinski definition) is 3. The SMILES string of the molecule is CC(C)=NOCc1c(I)cccc1C(=O)N=[N+]=[N-]. The Morgan fingerprint density at radius 1 is 1.50 bits per heavy atom. The van der Waals surface area contributed by atoms with Crippen LogP contribution in [0.4, 0.5) is 0 Å². The molecule has 0 aliphatic rings. The Bertz CT molecular complexity index is 532. The van der Waals surface area contributed by atoms with Crippen molar-refractivity contribution < 1.29 is 9.63 Å². The second-order valence-electron chi connectivity index (χ2n) is 3.57. The minimum absolute atomic E-state index is 0.159. The summed E-state index contributed by atoms with van der Waals surface area (Å²) < 4.78 is 0.857. The van der Waals surface area contributed by atoms with Crippen LogP contribution in [0.5, 0.6) is 0 Å². The van der Waals surface area contributed by atoms with Gasteiger partial charge in [0.15, 0.2) is 0 Å². The average Bonchev–Trinajstić information content (AvgIpc) is 2.31. The number of nitrogens with zero attached hydrogens (tertiary/aromatic N) is 4. The Hall–Kier alpha value is -1.60. The first kappa shape index (κ1) is 14.5. The molecular weight excluding hydrogens is 347 g/mol. The molecule has 0 aromatic heterocycles. The van der Waals surface area contributed by atoms with Crippen LogP contribution in [-0.2, 0) is 11.4 Å². The Balaban J connectivity index is 3.04. The van der Waals surface area contributed by atoms with E-state index in [0.29, 0.717) is 11.1 Å². The predicted octanol–water partition coefficient (Wildman–Crippen LogP) is 3.65. The molecule has 94 valence electrons. The van der Waals surface area contributed by atoms with Gasteiger partial charge in [0.05, 0.1) is 5.71 Å². The maximum Gasteiger partial charge on any atom is 0.249 e. The van der Waals surface area contributed by atoms with Crippen LogP contribution in [0.2, 0.25) is 0 Å². The van der Waals surface area contributed by atoms with Crippen molar-refractivity contribution in [3.05, 3.63) is 43.3 Å². The van der Waals surface area contributed by atoms with E-state index < -0.39 is 5.91 Å². The van der Waals surface area contributed by atoms with E-state index in [9.17, 15) is 4.79 Å². The number of carbonyl (C=O) groups excluding carboxylic acids is 1. The lowest BCUT2D eigenvalue weighted by Crippen LogP contribution is -2.04. The van der Waals surface area contributed by atoms with Crippen molar-refractivity contribution in [2.45, 2.75) is 20.5 Å². The molecule has 18 heavy (non-hydrogen) atoms. The van der Waals surface area contributed by atoms with E-state index in [-0.39, 0.29) is 6.61 Å². The lowest BCUT2D eigenvalue weighted by molar-refractivity contribution is 0.0988. The van der Waals surface area contributed by atoms with Gasteiger partial charge in [-0.2, -0.15) is 0 Å². The zero-order valence-corrected chi connectivity index (χ0v) is 12.1. The number of carbonyl (C=O) groups is 1. The normalized spacial score (nSPS) is 9.28. The van der Waals surface area contributed by atoms with Crippen molar-refractivity contribution in [3.63, 3.8) is 0 Å². The molecule has 1 amide bonds. The zero-order valence-electron chi connectivity index (χ0n) is 9.92.